The lowest BCUT2D eigenvalue weighted by molar-refractivity contribution is 0.0950. The second-order valence-corrected chi connectivity index (χ2v) is 11.2. The van der Waals surface area contributed by atoms with Crippen LogP contribution in [0.3, 0.4) is 0 Å². The Hall–Kier alpha value is -3.65. The molecule has 206 valence electrons. The zero-order valence-corrected chi connectivity index (χ0v) is 24.0. The predicted molar refractivity (Wildman–Crippen MR) is 158 cm³/mol. The van der Waals surface area contributed by atoms with E-state index in [1.165, 1.54) is 0 Å². The number of amides is 1. The molecule has 8 heteroatoms. The zero-order valence-electron chi connectivity index (χ0n) is 24.0. The molecule has 1 fully saturated rings. The summed E-state index contributed by atoms with van der Waals surface area (Å²) in [6.45, 7) is 13.3. The van der Waals surface area contributed by atoms with E-state index in [0.29, 0.717) is 17.2 Å². The van der Waals surface area contributed by atoms with Crippen molar-refractivity contribution < 1.29 is 4.79 Å². The third kappa shape index (κ3) is 5.30. The summed E-state index contributed by atoms with van der Waals surface area (Å²) < 4.78 is 1.63. The SMILES string of the molecule is Cc1cc(C)n(C)c(=O)c1CNC(=O)c1cc(-c2ccc(N3CCN(C)CC3)nc2)cc2c1CCN2C(C)C. The van der Waals surface area contributed by atoms with Gasteiger partial charge in [-0.3, -0.25) is 9.59 Å². The molecule has 2 aliphatic heterocycles. The maximum absolute atomic E-state index is 13.6. The van der Waals surface area contributed by atoms with Gasteiger partial charge < -0.3 is 24.6 Å². The summed E-state index contributed by atoms with van der Waals surface area (Å²) >= 11 is 0. The Morgan fingerprint density at radius 3 is 2.41 bits per heavy atom. The fourth-order valence-corrected chi connectivity index (χ4v) is 5.72. The van der Waals surface area contributed by atoms with Crippen molar-refractivity contribution >= 4 is 17.4 Å². The number of carbonyl (C=O) groups is 1. The van der Waals surface area contributed by atoms with E-state index in [1.54, 1.807) is 11.6 Å². The third-order valence-corrected chi connectivity index (χ3v) is 8.33. The number of hydrogen-bond acceptors (Lipinski definition) is 6. The van der Waals surface area contributed by atoms with Crippen molar-refractivity contribution in [3.8, 4) is 11.1 Å². The average Bonchev–Trinajstić information content (AvgIpc) is 3.36. The molecule has 1 N–H and O–H groups in total. The highest BCUT2D eigenvalue weighted by Crippen LogP contribution is 2.37. The minimum Gasteiger partial charge on any atom is -0.369 e. The molecule has 0 atom stereocenters. The van der Waals surface area contributed by atoms with E-state index >= 15 is 0 Å². The van der Waals surface area contributed by atoms with Crippen LogP contribution >= 0.6 is 0 Å². The van der Waals surface area contributed by atoms with Gasteiger partial charge in [-0.1, -0.05) is 0 Å². The van der Waals surface area contributed by atoms with Crippen molar-refractivity contribution in [1.82, 2.24) is 19.8 Å². The van der Waals surface area contributed by atoms with Crippen LogP contribution in [0.4, 0.5) is 11.5 Å². The third-order valence-electron chi connectivity index (χ3n) is 8.33. The van der Waals surface area contributed by atoms with Crippen LogP contribution in [0.15, 0.2) is 41.3 Å². The first-order chi connectivity index (χ1) is 18.6. The van der Waals surface area contributed by atoms with Crippen LogP contribution in [0.2, 0.25) is 0 Å². The largest absolute Gasteiger partial charge is 0.369 e. The van der Waals surface area contributed by atoms with Gasteiger partial charge in [0.15, 0.2) is 0 Å². The number of pyridine rings is 2. The summed E-state index contributed by atoms with van der Waals surface area (Å²) in [7, 11) is 3.92. The first-order valence-corrected chi connectivity index (χ1v) is 13.9. The van der Waals surface area contributed by atoms with Crippen LogP contribution in [0.1, 0.15) is 46.6 Å². The van der Waals surface area contributed by atoms with Gasteiger partial charge in [-0.25, -0.2) is 4.98 Å². The highest BCUT2D eigenvalue weighted by molar-refractivity contribution is 5.99. The molecule has 2 aromatic heterocycles. The molecular weight excluding hydrogens is 488 g/mol. The van der Waals surface area contributed by atoms with Gasteiger partial charge in [0.1, 0.15) is 5.82 Å². The molecule has 39 heavy (non-hydrogen) atoms. The Morgan fingerprint density at radius 2 is 1.74 bits per heavy atom. The number of nitrogens with zero attached hydrogens (tertiary/aromatic N) is 5. The number of rotatable bonds is 6. The van der Waals surface area contributed by atoms with Gasteiger partial charge in [-0.05, 0) is 88.2 Å². The lowest BCUT2D eigenvalue weighted by Crippen LogP contribution is -2.44. The van der Waals surface area contributed by atoms with E-state index in [2.05, 4.69) is 59.1 Å². The summed E-state index contributed by atoms with van der Waals surface area (Å²) in [5, 5.41) is 3.05. The number of aryl methyl sites for hydroxylation is 2. The van der Waals surface area contributed by atoms with E-state index in [4.69, 9.17) is 4.98 Å². The van der Waals surface area contributed by atoms with Gasteiger partial charge in [0, 0.05) is 86.6 Å². The van der Waals surface area contributed by atoms with E-state index in [9.17, 15) is 9.59 Å². The number of hydrogen-bond donors (Lipinski definition) is 1. The Bertz CT molecular complexity index is 1430. The fourth-order valence-electron chi connectivity index (χ4n) is 5.72. The monoisotopic (exact) mass is 528 g/mol. The number of nitrogens with one attached hydrogen (secondary N) is 1. The Kier molecular flexibility index (Phi) is 7.49. The highest BCUT2D eigenvalue weighted by Gasteiger charge is 2.27. The summed E-state index contributed by atoms with van der Waals surface area (Å²) in [6.07, 6.45) is 2.74. The molecule has 2 aliphatic rings. The number of benzene rings is 1. The standard InChI is InChI=1S/C31H40N6O2/c1-20(2)37-10-9-25-26(30(38)33-19-27-21(3)15-22(4)35(6)31(27)39)16-24(17-28(25)37)23-7-8-29(32-18-23)36-13-11-34(5)12-14-36/h7-8,15-18,20H,9-14,19H2,1-6H3,(H,33,38). The molecule has 3 aromatic rings. The van der Waals surface area contributed by atoms with Gasteiger partial charge in [-0.15, -0.1) is 0 Å². The topological polar surface area (TPSA) is 73.7 Å². The predicted octanol–water partition coefficient (Wildman–Crippen LogP) is 3.52. The number of anilines is 2. The van der Waals surface area contributed by atoms with Crippen molar-refractivity contribution in [3.63, 3.8) is 0 Å². The lowest BCUT2D eigenvalue weighted by atomic mass is 9.97. The second kappa shape index (κ2) is 10.8. The maximum Gasteiger partial charge on any atom is 0.255 e. The zero-order chi connectivity index (χ0) is 27.8. The minimum atomic E-state index is -0.150. The summed E-state index contributed by atoms with van der Waals surface area (Å²) in [5.74, 6) is 0.840. The van der Waals surface area contributed by atoms with E-state index in [-0.39, 0.29) is 18.0 Å². The van der Waals surface area contributed by atoms with Gasteiger partial charge in [0.25, 0.3) is 11.5 Å². The molecule has 0 bridgehead atoms. The van der Waals surface area contributed by atoms with Crippen LogP contribution in [0.25, 0.3) is 11.1 Å². The van der Waals surface area contributed by atoms with E-state index < -0.39 is 0 Å². The molecular formula is C31H40N6O2. The Labute approximate surface area is 231 Å². The van der Waals surface area contributed by atoms with Crippen LogP contribution in [0.5, 0.6) is 0 Å². The molecule has 1 aromatic carbocycles. The van der Waals surface area contributed by atoms with Crippen LogP contribution in [0, 0.1) is 13.8 Å². The van der Waals surface area contributed by atoms with Crippen molar-refractivity contribution in [3.05, 3.63) is 74.8 Å². The van der Waals surface area contributed by atoms with Crippen LogP contribution in [-0.4, -0.2) is 66.2 Å². The van der Waals surface area contributed by atoms with Gasteiger partial charge >= 0.3 is 0 Å². The summed E-state index contributed by atoms with van der Waals surface area (Å²) in [5.41, 5.74) is 7.18. The van der Waals surface area contributed by atoms with Gasteiger partial charge in [-0.2, -0.15) is 0 Å². The lowest BCUT2D eigenvalue weighted by Gasteiger charge is -2.33. The first-order valence-electron chi connectivity index (χ1n) is 13.9. The molecule has 1 amide bonds. The fraction of sp³-hybridized carbons (Fsp3) is 0.452. The molecule has 0 radical (unpaired) electrons. The van der Waals surface area contributed by atoms with Crippen molar-refractivity contribution in [2.75, 3.05) is 49.6 Å². The Morgan fingerprint density at radius 1 is 1.00 bits per heavy atom. The number of carbonyl (C=O) groups excluding carboxylic acids is 1. The Balaban J connectivity index is 1.45. The van der Waals surface area contributed by atoms with Crippen LogP contribution < -0.4 is 20.7 Å². The molecule has 0 saturated carbocycles. The van der Waals surface area contributed by atoms with Crippen LogP contribution in [-0.2, 0) is 20.0 Å². The smallest absolute Gasteiger partial charge is 0.255 e. The van der Waals surface area contributed by atoms with Gasteiger partial charge in [0.05, 0.1) is 0 Å². The average molecular weight is 529 g/mol. The highest BCUT2D eigenvalue weighted by atomic mass is 16.2. The molecule has 8 nitrogen and oxygen atoms in total. The minimum absolute atomic E-state index is 0.0655. The van der Waals surface area contributed by atoms with E-state index in [1.807, 2.05) is 32.2 Å². The molecule has 5 rings (SSSR count). The normalized spacial score (nSPS) is 15.7. The van der Waals surface area contributed by atoms with Gasteiger partial charge in [0.2, 0.25) is 0 Å². The maximum atomic E-state index is 13.6. The first kappa shape index (κ1) is 26.9. The quantitative estimate of drug-likeness (QED) is 0.528. The van der Waals surface area contributed by atoms with E-state index in [0.717, 1.165) is 78.6 Å². The molecule has 0 aliphatic carbocycles. The van der Waals surface area contributed by atoms with Crippen molar-refractivity contribution in [1.29, 1.82) is 0 Å². The number of piperazine rings is 1. The summed E-state index contributed by atoms with van der Waals surface area (Å²) in [6, 6.07) is 10.7. The van der Waals surface area contributed by atoms with Crippen molar-refractivity contribution in [2.24, 2.45) is 7.05 Å². The number of likely N-dealkylation sites (N-methyl/N-ethyl adjacent to an activating group) is 1. The number of fused-ring (bicyclic) bond motifs is 1. The molecule has 0 unspecified atom stereocenters. The second-order valence-electron chi connectivity index (χ2n) is 11.2. The number of aromatic nitrogens is 2. The molecule has 1 saturated heterocycles. The molecule has 4 heterocycles. The van der Waals surface area contributed by atoms with Crippen molar-refractivity contribution in [2.45, 2.75) is 46.7 Å². The molecule has 0 spiro atoms. The summed E-state index contributed by atoms with van der Waals surface area (Å²) in [4.78, 5) is 38.3.